The first-order valence-corrected chi connectivity index (χ1v) is 15.8. The van der Waals surface area contributed by atoms with E-state index in [-0.39, 0.29) is 29.3 Å². The fraction of sp³-hybridized carbons (Fsp3) is 0.447. The third-order valence-corrected chi connectivity index (χ3v) is 9.39. The van der Waals surface area contributed by atoms with E-state index < -0.39 is 5.54 Å². The second kappa shape index (κ2) is 15.9. The Morgan fingerprint density at radius 2 is 1.42 bits per heavy atom. The van der Waals surface area contributed by atoms with Crippen LogP contribution in [0.2, 0.25) is 0 Å². The van der Waals surface area contributed by atoms with Gasteiger partial charge in [0.25, 0.3) is 5.91 Å². The van der Waals surface area contributed by atoms with Crippen molar-refractivity contribution in [1.29, 1.82) is 0 Å². The molecule has 0 bridgehead atoms. The Hall–Kier alpha value is -4.58. The highest BCUT2D eigenvalue weighted by atomic mass is 16.3. The molecule has 2 aromatic carbocycles. The predicted molar refractivity (Wildman–Crippen MR) is 175 cm³/mol. The standard InChI is InChI=1S/C19H25NO.C18H19NO2.CO2/c1-4-16-9-10-17(15(3)13-16)14-18(21)20-19(5-2)11-7-6-8-12-19;1-3-13-7-8-14(12(2)11-13)15-16(20)18(19-17(15)21)9-5-4-6-10-18;2-1-3/h1,9-10,13H,5-8,11-12,14H2,2-3H3,(H,20,21);1,7-8,11,20H,4-6,9-10H2,2H3,(H,19,21);. The highest BCUT2D eigenvalue weighted by molar-refractivity contribution is 6.23. The second-order valence-electron chi connectivity index (χ2n) is 12.3. The van der Waals surface area contributed by atoms with Gasteiger partial charge in [0, 0.05) is 16.7 Å². The summed E-state index contributed by atoms with van der Waals surface area (Å²) in [5.41, 5.74) is 5.39. The molecule has 2 aliphatic carbocycles. The Morgan fingerprint density at radius 3 is 1.93 bits per heavy atom. The van der Waals surface area contributed by atoms with Gasteiger partial charge in [-0.25, -0.2) is 0 Å². The molecule has 1 aliphatic heterocycles. The van der Waals surface area contributed by atoms with Crippen LogP contribution < -0.4 is 10.6 Å². The van der Waals surface area contributed by atoms with E-state index in [0.717, 1.165) is 84.7 Å². The number of aryl methyl sites for hydroxylation is 2. The van der Waals surface area contributed by atoms with Gasteiger partial charge in [0.2, 0.25) is 5.91 Å². The number of nitrogens with one attached hydrogen (secondary N) is 2. The molecule has 2 aromatic rings. The Morgan fingerprint density at radius 1 is 0.889 bits per heavy atom. The summed E-state index contributed by atoms with van der Waals surface area (Å²) in [5.74, 6) is 5.39. The largest absolute Gasteiger partial charge is 0.509 e. The maximum atomic E-state index is 12.4. The molecular weight excluding hydrogens is 564 g/mol. The van der Waals surface area contributed by atoms with Crippen LogP contribution in [0, 0.1) is 38.5 Å². The SMILES string of the molecule is C#Cc1ccc(C2=C(O)C3(CCCCC3)NC2=O)c(C)c1.C#Cc1ccc(CC(=O)NC2(CC)CCCCC2)c(C)c1.O=C=O. The van der Waals surface area contributed by atoms with Crippen LogP contribution in [-0.2, 0) is 25.6 Å². The van der Waals surface area contributed by atoms with Crippen LogP contribution in [0.4, 0.5) is 0 Å². The van der Waals surface area contributed by atoms with E-state index in [1.54, 1.807) is 0 Å². The fourth-order valence-electron chi connectivity index (χ4n) is 6.78. The molecule has 0 radical (unpaired) electrons. The average Bonchev–Trinajstić information content (AvgIpc) is 3.27. The lowest BCUT2D eigenvalue weighted by Gasteiger charge is -2.37. The minimum Gasteiger partial charge on any atom is -0.509 e. The van der Waals surface area contributed by atoms with E-state index in [9.17, 15) is 14.7 Å². The summed E-state index contributed by atoms with van der Waals surface area (Å²) in [6.07, 6.45) is 23.4. The number of benzene rings is 2. The summed E-state index contributed by atoms with van der Waals surface area (Å²) in [4.78, 5) is 41.0. The van der Waals surface area contributed by atoms with E-state index in [4.69, 9.17) is 22.4 Å². The summed E-state index contributed by atoms with van der Waals surface area (Å²) in [7, 11) is 0. The van der Waals surface area contributed by atoms with E-state index in [1.807, 2.05) is 50.2 Å². The summed E-state index contributed by atoms with van der Waals surface area (Å²) >= 11 is 0. The van der Waals surface area contributed by atoms with Crippen LogP contribution in [0.3, 0.4) is 0 Å². The van der Waals surface area contributed by atoms with E-state index in [2.05, 4.69) is 29.4 Å². The second-order valence-corrected chi connectivity index (χ2v) is 12.3. The summed E-state index contributed by atoms with van der Waals surface area (Å²) in [6, 6.07) is 11.4. The number of carbonyl (C=O) groups is 2. The lowest BCUT2D eigenvalue weighted by atomic mass is 9.79. The van der Waals surface area contributed by atoms with Gasteiger partial charge in [-0.3, -0.25) is 9.59 Å². The molecule has 2 amide bonds. The van der Waals surface area contributed by atoms with Crippen molar-refractivity contribution >= 4 is 23.5 Å². The molecular formula is C38H44N2O5. The molecule has 0 unspecified atom stereocenters. The van der Waals surface area contributed by atoms with Gasteiger partial charge in [0.05, 0.1) is 17.5 Å². The summed E-state index contributed by atoms with van der Waals surface area (Å²) in [5, 5.41) is 17.0. The van der Waals surface area contributed by atoms with E-state index in [0.29, 0.717) is 12.0 Å². The minimum atomic E-state index is -0.540. The van der Waals surface area contributed by atoms with Crippen molar-refractivity contribution in [2.75, 3.05) is 0 Å². The first kappa shape index (κ1) is 34.9. The van der Waals surface area contributed by atoms with Gasteiger partial charge >= 0.3 is 6.15 Å². The van der Waals surface area contributed by atoms with Crippen molar-refractivity contribution in [3.63, 3.8) is 0 Å². The topological polar surface area (TPSA) is 113 Å². The molecule has 0 aromatic heterocycles. The molecule has 1 heterocycles. The number of aliphatic hydroxyl groups excluding tert-OH is 1. The number of hydrogen-bond acceptors (Lipinski definition) is 5. The van der Waals surface area contributed by atoms with Gasteiger partial charge in [-0.1, -0.05) is 69.4 Å². The third-order valence-electron chi connectivity index (χ3n) is 9.39. The van der Waals surface area contributed by atoms with Gasteiger partial charge in [0.15, 0.2) is 0 Å². The average molecular weight is 609 g/mol. The monoisotopic (exact) mass is 608 g/mol. The van der Waals surface area contributed by atoms with Crippen molar-refractivity contribution in [2.45, 2.75) is 109 Å². The molecule has 0 saturated heterocycles. The number of amides is 2. The molecule has 2 saturated carbocycles. The molecule has 45 heavy (non-hydrogen) atoms. The van der Waals surface area contributed by atoms with Gasteiger partial charge < -0.3 is 15.7 Å². The lowest BCUT2D eigenvalue weighted by Crippen LogP contribution is -2.49. The summed E-state index contributed by atoms with van der Waals surface area (Å²) < 4.78 is 0. The number of terminal acetylenes is 2. The van der Waals surface area contributed by atoms with Crippen LogP contribution in [-0.4, -0.2) is 34.2 Å². The van der Waals surface area contributed by atoms with Crippen LogP contribution in [0.5, 0.6) is 0 Å². The minimum absolute atomic E-state index is 0.0298. The zero-order valence-corrected chi connectivity index (χ0v) is 26.7. The Kier molecular flexibility index (Phi) is 12.4. The molecule has 3 aliphatic rings. The lowest BCUT2D eigenvalue weighted by molar-refractivity contribution is -0.191. The Balaban J connectivity index is 0.000000226. The fourth-order valence-corrected chi connectivity index (χ4v) is 6.78. The normalized spacial score (nSPS) is 17.7. The zero-order valence-electron chi connectivity index (χ0n) is 26.7. The molecule has 2 fully saturated rings. The number of rotatable bonds is 5. The number of hydrogen-bond donors (Lipinski definition) is 3. The Labute approximate surface area is 267 Å². The number of aliphatic hydroxyl groups is 1. The van der Waals surface area contributed by atoms with E-state index >= 15 is 0 Å². The van der Waals surface area contributed by atoms with E-state index in [1.165, 1.54) is 19.3 Å². The van der Waals surface area contributed by atoms with Crippen LogP contribution in [0.15, 0.2) is 42.2 Å². The van der Waals surface area contributed by atoms with Gasteiger partial charge in [0.1, 0.15) is 5.76 Å². The van der Waals surface area contributed by atoms with Crippen molar-refractivity contribution < 1.29 is 24.3 Å². The summed E-state index contributed by atoms with van der Waals surface area (Å²) in [6.45, 7) is 6.10. The number of carbonyl (C=O) groups excluding carboxylic acids is 4. The van der Waals surface area contributed by atoms with Gasteiger partial charge in [-0.15, -0.1) is 12.8 Å². The smallest absolute Gasteiger partial charge is 0.373 e. The maximum absolute atomic E-state index is 12.4. The molecule has 1 spiro atoms. The molecule has 7 heteroatoms. The van der Waals surface area contributed by atoms with Crippen LogP contribution in [0.1, 0.15) is 111 Å². The van der Waals surface area contributed by atoms with Crippen molar-refractivity contribution in [1.82, 2.24) is 10.6 Å². The first-order chi connectivity index (χ1) is 21.6. The molecule has 5 rings (SSSR count). The molecule has 0 atom stereocenters. The predicted octanol–water partition coefficient (Wildman–Crippen LogP) is 6.24. The third kappa shape index (κ3) is 8.53. The van der Waals surface area contributed by atoms with Crippen molar-refractivity contribution in [2.24, 2.45) is 0 Å². The van der Waals surface area contributed by atoms with Gasteiger partial charge in [-0.05, 0) is 92.5 Å². The van der Waals surface area contributed by atoms with Gasteiger partial charge in [-0.2, -0.15) is 9.59 Å². The maximum Gasteiger partial charge on any atom is 0.373 e. The molecule has 7 nitrogen and oxygen atoms in total. The zero-order chi connectivity index (χ0) is 33.0. The molecule has 3 N–H and O–H groups in total. The highest BCUT2D eigenvalue weighted by Crippen LogP contribution is 2.41. The quantitative estimate of drug-likeness (QED) is 0.348. The Bertz CT molecular complexity index is 1540. The highest BCUT2D eigenvalue weighted by Gasteiger charge is 2.46. The van der Waals surface area contributed by atoms with Crippen molar-refractivity contribution in [3.05, 3.63) is 75.5 Å². The van der Waals surface area contributed by atoms with Crippen molar-refractivity contribution in [3.8, 4) is 24.7 Å². The first-order valence-electron chi connectivity index (χ1n) is 15.8. The van der Waals surface area contributed by atoms with Crippen LogP contribution >= 0.6 is 0 Å². The van der Waals surface area contributed by atoms with Crippen LogP contribution in [0.25, 0.3) is 5.57 Å². The molecule has 236 valence electrons.